The van der Waals surface area contributed by atoms with Gasteiger partial charge in [0.05, 0.1) is 4.11 Å². The van der Waals surface area contributed by atoms with Crippen LogP contribution in [0.25, 0.3) is 0 Å². The van der Waals surface area contributed by atoms with E-state index in [-0.39, 0.29) is 35.2 Å². The molecule has 1 atom stereocenters. The van der Waals surface area contributed by atoms with Gasteiger partial charge in [-0.1, -0.05) is 38.9 Å². The van der Waals surface area contributed by atoms with Crippen LogP contribution in [-0.2, 0) is 5.75 Å². The van der Waals surface area contributed by atoms with Crippen molar-refractivity contribution >= 4 is 11.8 Å². The normalized spacial score (nSPS) is 19.5. The first-order valence-electron chi connectivity index (χ1n) is 8.75. The van der Waals surface area contributed by atoms with Crippen molar-refractivity contribution < 1.29 is 12.9 Å². The minimum absolute atomic E-state index is 0.0321. The molecule has 1 aliphatic rings. The Morgan fingerprint density at radius 2 is 1.91 bits per heavy atom. The Balaban J connectivity index is 2.43. The molecule has 0 saturated heterocycles. The van der Waals surface area contributed by atoms with Crippen molar-refractivity contribution in [3.8, 4) is 0 Å². The number of hydrogen-bond acceptors (Lipinski definition) is 1. The molecule has 0 radical (unpaired) electrons. The molecular formula is C19H20F2S. The zero-order valence-corrected chi connectivity index (χ0v) is 13.9. The summed E-state index contributed by atoms with van der Waals surface area (Å²) in [4.78, 5) is 0.606. The van der Waals surface area contributed by atoms with E-state index in [1.807, 2.05) is 20.8 Å². The van der Waals surface area contributed by atoms with Crippen LogP contribution in [0.5, 0.6) is 0 Å². The van der Waals surface area contributed by atoms with Gasteiger partial charge in [0.15, 0.2) is 11.6 Å². The Hall–Kier alpha value is -1.35. The van der Waals surface area contributed by atoms with Crippen molar-refractivity contribution in [1.82, 2.24) is 0 Å². The summed E-state index contributed by atoms with van der Waals surface area (Å²) in [5.41, 5.74) is 1.59. The van der Waals surface area contributed by atoms with Crippen molar-refractivity contribution in [2.75, 3.05) is 0 Å². The van der Waals surface area contributed by atoms with Gasteiger partial charge >= 0.3 is 0 Å². The molecule has 0 nitrogen and oxygen atoms in total. The molecule has 0 saturated carbocycles. The molecular weight excluding hydrogens is 298 g/mol. The van der Waals surface area contributed by atoms with Crippen LogP contribution < -0.4 is 0 Å². The average molecular weight is 321 g/mol. The standard InChI is InChI=1S/C19H20F2S/c1-11-5-6-13-16(9-11)22-10-14-12(17(13)19(2,3)4)7-8-15(20)18(14)21/h5-9,17H,10H2,1-4H3/t17-/m0/s1/i5D,6D,9D. The molecule has 0 bridgehead atoms. The number of fused-ring (bicyclic) bond motifs is 2. The van der Waals surface area contributed by atoms with Gasteiger partial charge < -0.3 is 0 Å². The largest absolute Gasteiger partial charge is 0.204 e. The summed E-state index contributed by atoms with van der Waals surface area (Å²) in [6, 6.07) is 3.04. The molecule has 3 heteroatoms. The molecule has 0 fully saturated rings. The lowest BCUT2D eigenvalue weighted by molar-refractivity contribution is 0.353. The summed E-state index contributed by atoms with van der Waals surface area (Å²) in [7, 11) is 0. The van der Waals surface area contributed by atoms with Gasteiger partial charge in [0.25, 0.3) is 0 Å². The van der Waals surface area contributed by atoms with E-state index in [9.17, 15) is 8.78 Å². The van der Waals surface area contributed by atoms with Crippen LogP contribution in [-0.4, -0.2) is 0 Å². The molecule has 116 valence electrons. The Kier molecular flexibility index (Phi) is 2.96. The van der Waals surface area contributed by atoms with Crippen LogP contribution in [0, 0.1) is 24.0 Å². The van der Waals surface area contributed by atoms with Gasteiger partial charge in [-0.15, -0.1) is 11.8 Å². The Morgan fingerprint density at radius 1 is 1.18 bits per heavy atom. The van der Waals surface area contributed by atoms with Crippen LogP contribution in [0.4, 0.5) is 8.78 Å². The first kappa shape index (κ1) is 12.1. The number of rotatable bonds is 0. The highest BCUT2D eigenvalue weighted by atomic mass is 32.2. The molecule has 0 aliphatic carbocycles. The van der Waals surface area contributed by atoms with Crippen molar-refractivity contribution in [2.45, 2.75) is 44.3 Å². The first-order chi connectivity index (χ1) is 11.6. The summed E-state index contributed by atoms with van der Waals surface area (Å²) in [6.45, 7) is 7.60. The van der Waals surface area contributed by atoms with Gasteiger partial charge in [-0.25, -0.2) is 8.78 Å². The Bertz CT molecular complexity index is 872. The zero-order valence-electron chi connectivity index (χ0n) is 16.1. The Labute approximate surface area is 139 Å². The number of halogens is 2. The molecule has 0 spiro atoms. The van der Waals surface area contributed by atoms with Crippen LogP contribution >= 0.6 is 11.8 Å². The van der Waals surface area contributed by atoms with Crippen LogP contribution in [0.1, 0.15) is 53.1 Å². The fourth-order valence-electron chi connectivity index (χ4n) is 3.03. The van der Waals surface area contributed by atoms with E-state index in [0.717, 1.165) is 6.07 Å². The van der Waals surface area contributed by atoms with Gasteiger partial charge in [-0.05, 0) is 41.1 Å². The van der Waals surface area contributed by atoms with Gasteiger partial charge in [0.1, 0.15) is 0 Å². The first-order valence-corrected chi connectivity index (χ1v) is 8.24. The third-order valence-electron chi connectivity index (χ3n) is 3.99. The quantitative estimate of drug-likeness (QED) is 0.568. The molecule has 1 heterocycles. The monoisotopic (exact) mass is 321 g/mol. The lowest BCUT2D eigenvalue weighted by Gasteiger charge is -2.33. The van der Waals surface area contributed by atoms with E-state index >= 15 is 0 Å². The number of hydrogen-bond donors (Lipinski definition) is 0. The summed E-state index contributed by atoms with van der Waals surface area (Å²) < 4.78 is 53.4. The molecule has 0 amide bonds. The SMILES string of the molecule is [2H]c1c([2H])c2c(c([2H])c1C)SCc1c(ccc(F)c1F)[C@@H]2C(C)(C)C. The average Bonchev–Trinajstić information content (AvgIpc) is 2.71. The van der Waals surface area contributed by atoms with Crippen molar-refractivity contribution in [3.63, 3.8) is 0 Å². The second-order valence-electron chi connectivity index (χ2n) is 6.76. The van der Waals surface area contributed by atoms with Crippen LogP contribution in [0.15, 0.2) is 35.2 Å². The van der Waals surface area contributed by atoms with Gasteiger partial charge in [0.2, 0.25) is 0 Å². The van der Waals surface area contributed by atoms with E-state index in [4.69, 9.17) is 4.11 Å². The number of benzene rings is 2. The Morgan fingerprint density at radius 3 is 2.59 bits per heavy atom. The second-order valence-corrected chi connectivity index (χ2v) is 7.75. The van der Waals surface area contributed by atoms with E-state index in [1.165, 1.54) is 11.8 Å². The molecule has 1 aliphatic heterocycles. The smallest absolute Gasteiger partial charge is 0.163 e. The predicted octanol–water partition coefficient (Wildman–Crippen LogP) is 6.06. The van der Waals surface area contributed by atoms with E-state index in [0.29, 0.717) is 27.1 Å². The fraction of sp³-hybridized carbons (Fsp3) is 0.368. The topological polar surface area (TPSA) is 0 Å². The van der Waals surface area contributed by atoms with E-state index in [2.05, 4.69) is 0 Å². The zero-order chi connectivity index (χ0) is 18.7. The molecule has 2 aromatic rings. The molecule has 3 rings (SSSR count). The highest BCUT2D eigenvalue weighted by Crippen LogP contribution is 2.49. The number of thioether (sulfide) groups is 1. The summed E-state index contributed by atoms with van der Waals surface area (Å²) in [6.07, 6.45) is 0. The van der Waals surface area contributed by atoms with Crippen LogP contribution in [0.3, 0.4) is 0 Å². The van der Waals surface area contributed by atoms with E-state index < -0.39 is 11.6 Å². The van der Waals surface area contributed by atoms with Gasteiger partial charge in [0, 0.05) is 22.1 Å². The summed E-state index contributed by atoms with van der Waals surface area (Å²) in [5.74, 6) is -1.91. The molecule has 0 aromatic heterocycles. The predicted molar refractivity (Wildman–Crippen MR) is 88.4 cm³/mol. The maximum Gasteiger partial charge on any atom is 0.163 e. The minimum Gasteiger partial charge on any atom is -0.204 e. The van der Waals surface area contributed by atoms with E-state index in [1.54, 1.807) is 13.0 Å². The minimum atomic E-state index is -0.882. The lowest BCUT2D eigenvalue weighted by atomic mass is 9.71. The van der Waals surface area contributed by atoms with Crippen LogP contribution in [0.2, 0.25) is 0 Å². The molecule has 0 unspecified atom stereocenters. The highest BCUT2D eigenvalue weighted by Gasteiger charge is 2.34. The second kappa shape index (κ2) is 5.38. The lowest BCUT2D eigenvalue weighted by Crippen LogP contribution is -2.21. The maximum absolute atomic E-state index is 14.5. The van der Waals surface area contributed by atoms with Gasteiger partial charge in [-0.2, -0.15) is 0 Å². The molecule has 2 aromatic carbocycles. The molecule has 22 heavy (non-hydrogen) atoms. The third-order valence-corrected chi connectivity index (χ3v) is 5.03. The van der Waals surface area contributed by atoms with Crippen molar-refractivity contribution in [1.29, 1.82) is 0 Å². The third kappa shape index (κ3) is 2.56. The van der Waals surface area contributed by atoms with Crippen molar-refractivity contribution in [3.05, 3.63) is 64.1 Å². The molecule has 0 N–H and O–H groups in total. The summed E-state index contributed by atoms with van der Waals surface area (Å²) >= 11 is 1.26. The van der Waals surface area contributed by atoms with Crippen molar-refractivity contribution in [2.24, 2.45) is 5.41 Å². The maximum atomic E-state index is 14.5. The fourth-order valence-corrected chi connectivity index (χ4v) is 4.16. The highest BCUT2D eigenvalue weighted by molar-refractivity contribution is 7.98. The summed E-state index contributed by atoms with van der Waals surface area (Å²) in [5, 5.41) is 0. The van der Waals surface area contributed by atoms with Gasteiger partial charge in [-0.3, -0.25) is 0 Å².